The SMILES string of the molecule is COc1ccc(OCC2Cc3c(ccc(O)c3O)C(CN)O2)cc1. The van der Waals surface area contributed by atoms with Crippen LogP contribution in [0.25, 0.3) is 0 Å². The van der Waals surface area contributed by atoms with Gasteiger partial charge in [-0.05, 0) is 35.9 Å². The summed E-state index contributed by atoms with van der Waals surface area (Å²) in [4.78, 5) is 0. The number of hydrogen-bond acceptors (Lipinski definition) is 6. The van der Waals surface area contributed by atoms with Crippen molar-refractivity contribution in [3.63, 3.8) is 0 Å². The summed E-state index contributed by atoms with van der Waals surface area (Å²) in [6.45, 7) is 0.605. The van der Waals surface area contributed by atoms with Gasteiger partial charge in [-0.2, -0.15) is 0 Å². The molecule has 0 aliphatic carbocycles. The maximum atomic E-state index is 10.1. The Morgan fingerprint density at radius 1 is 1.12 bits per heavy atom. The summed E-state index contributed by atoms with van der Waals surface area (Å²) in [6.07, 6.45) is -0.145. The highest BCUT2D eigenvalue weighted by Crippen LogP contribution is 2.39. The van der Waals surface area contributed by atoms with Gasteiger partial charge in [-0.1, -0.05) is 6.07 Å². The number of fused-ring (bicyclic) bond motifs is 1. The molecule has 2 atom stereocenters. The second-order valence-corrected chi connectivity index (χ2v) is 5.67. The number of aromatic hydroxyl groups is 2. The summed E-state index contributed by atoms with van der Waals surface area (Å²) in [7, 11) is 1.61. The summed E-state index contributed by atoms with van der Waals surface area (Å²) in [5.74, 6) is 1.22. The molecule has 0 radical (unpaired) electrons. The van der Waals surface area contributed by atoms with E-state index >= 15 is 0 Å². The van der Waals surface area contributed by atoms with Gasteiger partial charge >= 0.3 is 0 Å². The van der Waals surface area contributed by atoms with E-state index in [1.807, 2.05) is 24.3 Å². The topological polar surface area (TPSA) is 94.2 Å². The van der Waals surface area contributed by atoms with Crippen molar-refractivity contribution in [3.8, 4) is 23.0 Å². The molecule has 6 heteroatoms. The molecule has 0 fully saturated rings. The number of nitrogens with two attached hydrogens (primary N) is 1. The number of phenolic OH excluding ortho intramolecular Hbond substituents is 2. The monoisotopic (exact) mass is 331 g/mol. The van der Waals surface area contributed by atoms with Gasteiger partial charge in [-0.15, -0.1) is 0 Å². The Kier molecular flexibility index (Phi) is 4.78. The predicted octanol–water partition coefficient (Wildman–Crippen LogP) is 2.13. The van der Waals surface area contributed by atoms with Crippen LogP contribution >= 0.6 is 0 Å². The fraction of sp³-hybridized carbons (Fsp3) is 0.333. The predicted molar refractivity (Wildman–Crippen MR) is 88.6 cm³/mol. The molecular formula is C18H21NO5. The lowest BCUT2D eigenvalue weighted by atomic mass is 9.93. The first-order chi connectivity index (χ1) is 11.6. The van der Waals surface area contributed by atoms with Crippen LogP contribution in [0.1, 0.15) is 17.2 Å². The largest absolute Gasteiger partial charge is 0.504 e. The highest BCUT2D eigenvalue weighted by atomic mass is 16.5. The van der Waals surface area contributed by atoms with Crippen molar-refractivity contribution < 1.29 is 24.4 Å². The zero-order valence-electron chi connectivity index (χ0n) is 13.4. The van der Waals surface area contributed by atoms with Gasteiger partial charge in [0.2, 0.25) is 0 Å². The maximum Gasteiger partial charge on any atom is 0.161 e. The quantitative estimate of drug-likeness (QED) is 0.727. The molecule has 0 aromatic heterocycles. The number of hydrogen-bond donors (Lipinski definition) is 3. The molecule has 3 rings (SSSR count). The molecule has 0 saturated heterocycles. The minimum absolute atomic E-state index is 0.108. The second-order valence-electron chi connectivity index (χ2n) is 5.67. The van der Waals surface area contributed by atoms with Crippen LogP contribution in [-0.4, -0.2) is 36.6 Å². The summed E-state index contributed by atoms with van der Waals surface area (Å²) >= 11 is 0. The van der Waals surface area contributed by atoms with Gasteiger partial charge in [0.25, 0.3) is 0 Å². The van der Waals surface area contributed by atoms with Crippen molar-refractivity contribution in [1.29, 1.82) is 0 Å². The molecule has 2 aromatic rings. The lowest BCUT2D eigenvalue weighted by molar-refractivity contribution is -0.0422. The van der Waals surface area contributed by atoms with Gasteiger partial charge in [-0.25, -0.2) is 0 Å². The van der Waals surface area contributed by atoms with Crippen LogP contribution in [0.5, 0.6) is 23.0 Å². The molecule has 2 aromatic carbocycles. The zero-order chi connectivity index (χ0) is 17.1. The van der Waals surface area contributed by atoms with Crippen LogP contribution in [0.2, 0.25) is 0 Å². The lowest BCUT2D eigenvalue weighted by Gasteiger charge is -2.32. The Labute approximate surface area is 140 Å². The molecule has 0 saturated carbocycles. The second kappa shape index (κ2) is 6.98. The van der Waals surface area contributed by atoms with E-state index in [2.05, 4.69) is 0 Å². The van der Waals surface area contributed by atoms with Crippen LogP contribution < -0.4 is 15.2 Å². The number of phenols is 2. The molecule has 1 aliphatic rings. The minimum Gasteiger partial charge on any atom is -0.504 e. The Balaban J connectivity index is 1.72. The van der Waals surface area contributed by atoms with E-state index in [1.54, 1.807) is 13.2 Å². The molecular weight excluding hydrogens is 310 g/mol. The van der Waals surface area contributed by atoms with Gasteiger partial charge in [0, 0.05) is 18.5 Å². The summed E-state index contributed by atoms with van der Waals surface area (Å²) in [6, 6.07) is 10.5. The van der Waals surface area contributed by atoms with Crippen LogP contribution in [0.15, 0.2) is 36.4 Å². The Morgan fingerprint density at radius 2 is 1.83 bits per heavy atom. The molecule has 1 aliphatic heterocycles. The third-order valence-electron chi connectivity index (χ3n) is 4.14. The molecule has 0 spiro atoms. The summed E-state index contributed by atoms with van der Waals surface area (Å²) in [5.41, 5.74) is 7.26. The van der Waals surface area contributed by atoms with Crippen molar-refractivity contribution in [2.24, 2.45) is 5.73 Å². The average Bonchev–Trinajstić information content (AvgIpc) is 2.63. The lowest BCUT2D eigenvalue weighted by Crippen LogP contribution is -2.34. The van der Waals surface area contributed by atoms with Crippen molar-refractivity contribution >= 4 is 0 Å². The first-order valence-corrected chi connectivity index (χ1v) is 7.78. The number of benzene rings is 2. The third kappa shape index (κ3) is 3.25. The maximum absolute atomic E-state index is 10.1. The van der Waals surface area contributed by atoms with Crippen molar-refractivity contribution in [2.75, 3.05) is 20.3 Å². The van der Waals surface area contributed by atoms with Crippen molar-refractivity contribution in [3.05, 3.63) is 47.5 Å². The van der Waals surface area contributed by atoms with Gasteiger partial charge in [-0.3, -0.25) is 0 Å². The molecule has 128 valence electrons. The Hall–Kier alpha value is -2.44. The third-order valence-corrected chi connectivity index (χ3v) is 4.14. The molecule has 1 heterocycles. The van der Waals surface area contributed by atoms with E-state index in [1.165, 1.54) is 6.07 Å². The van der Waals surface area contributed by atoms with E-state index in [0.29, 0.717) is 24.3 Å². The van der Waals surface area contributed by atoms with E-state index in [4.69, 9.17) is 19.9 Å². The summed E-state index contributed by atoms with van der Waals surface area (Å²) < 4.78 is 16.8. The Morgan fingerprint density at radius 3 is 2.50 bits per heavy atom. The van der Waals surface area contributed by atoms with Crippen LogP contribution in [0.3, 0.4) is 0 Å². The highest BCUT2D eigenvalue weighted by molar-refractivity contribution is 5.51. The number of methoxy groups -OCH3 is 1. The van der Waals surface area contributed by atoms with Crippen LogP contribution in [0, 0.1) is 0 Å². The normalized spacial score (nSPS) is 19.6. The van der Waals surface area contributed by atoms with E-state index in [-0.39, 0.29) is 30.3 Å². The number of rotatable bonds is 5. The number of ether oxygens (including phenoxy) is 3. The molecule has 6 nitrogen and oxygen atoms in total. The molecule has 0 amide bonds. The smallest absolute Gasteiger partial charge is 0.161 e. The molecule has 0 bridgehead atoms. The molecule has 24 heavy (non-hydrogen) atoms. The Bertz CT molecular complexity index is 701. The first-order valence-electron chi connectivity index (χ1n) is 7.78. The van der Waals surface area contributed by atoms with Crippen molar-refractivity contribution in [1.82, 2.24) is 0 Å². The average molecular weight is 331 g/mol. The van der Waals surface area contributed by atoms with Gasteiger partial charge in [0.15, 0.2) is 11.5 Å². The van der Waals surface area contributed by atoms with Crippen LogP contribution in [-0.2, 0) is 11.2 Å². The molecule has 4 N–H and O–H groups in total. The van der Waals surface area contributed by atoms with Crippen LogP contribution in [0.4, 0.5) is 0 Å². The minimum atomic E-state index is -0.329. The van der Waals surface area contributed by atoms with E-state index in [9.17, 15) is 10.2 Å². The fourth-order valence-electron chi connectivity index (χ4n) is 2.88. The molecule has 2 unspecified atom stereocenters. The first kappa shape index (κ1) is 16.4. The highest BCUT2D eigenvalue weighted by Gasteiger charge is 2.30. The van der Waals surface area contributed by atoms with Gasteiger partial charge in [0.05, 0.1) is 19.3 Å². The van der Waals surface area contributed by atoms with E-state index < -0.39 is 0 Å². The van der Waals surface area contributed by atoms with E-state index in [0.717, 1.165) is 11.3 Å². The zero-order valence-corrected chi connectivity index (χ0v) is 13.4. The fourth-order valence-corrected chi connectivity index (χ4v) is 2.88. The standard InChI is InChI=1S/C18H21NO5/c1-22-11-2-4-12(5-3-11)23-10-13-8-15-14(17(9-19)24-13)6-7-16(20)18(15)21/h2-7,13,17,20-21H,8-10,19H2,1H3. The van der Waals surface area contributed by atoms with Crippen molar-refractivity contribution in [2.45, 2.75) is 18.6 Å². The van der Waals surface area contributed by atoms with Gasteiger partial charge < -0.3 is 30.2 Å². The summed E-state index contributed by atoms with van der Waals surface area (Å²) in [5, 5.41) is 19.8. The van der Waals surface area contributed by atoms with Gasteiger partial charge in [0.1, 0.15) is 18.1 Å².